The van der Waals surface area contributed by atoms with E-state index in [1.54, 1.807) is 18.2 Å². The molecule has 6 heteroatoms. The van der Waals surface area contributed by atoms with E-state index < -0.39 is 17.7 Å². The predicted molar refractivity (Wildman–Crippen MR) is 119 cm³/mol. The fourth-order valence-electron chi connectivity index (χ4n) is 3.49. The number of benzene rings is 2. The van der Waals surface area contributed by atoms with Crippen LogP contribution in [-0.4, -0.2) is 16.8 Å². The molecule has 0 radical (unpaired) electrons. The molecular weight excluding hydrogens is 450 g/mol. The zero-order valence-corrected chi connectivity index (χ0v) is 18.3. The Hall–Kier alpha value is -2.70. The summed E-state index contributed by atoms with van der Waals surface area (Å²) in [6.07, 6.45) is 0. The number of halogens is 1. The summed E-state index contributed by atoms with van der Waals surface area (Å²) in [7, 11) is 0. The number of rotatable bonds is 3. The number of aryl methyl sites for hydroxylation is 2. The lowest BCUT2D eigenvalue weighted by Crippen LogP contribution is -2.29. The van der Waals surface area contributed by atoms with Gasteiger partial charge in [-0.3, -0.25) is 14.5 Å². The summed E-state index contributed by atoms with van der Waals surface area (Å²) in [4.78, 5) is 28.3. The largest absolute Gasteiger partial charge is 0.507 e. The van der Waals surface area contributed by atoms with Crippen LogP contribution in [0.3, 0.4) is 0 Å². The third-order valence-corrected chi connectivity index (χ3v) is 6.54. The topological polar surface area (TPSA) is 57.6 Å². The molecule has 1 aromatic heterocycles. The number of hydrogen-bond acceptors (Lipinski definition) is 4. The Balaban J connectivity index is 1.94. The highest BCUT2D eigenvalue weighted by atomic mass is 79.9. The summed E-state index contributed by atoms with van der Waals surface area (Å²) >= 11 is 4.87. The molecular formula is C23H18BrNO3S. The summed E-state index contributed by atoms with van der Waals surface area (Å²) in [6.45, 7) is 3.93. The molecule has 0 saturated carbocycles. The lowest BCUT2D eigenvalue weighted by atomic mass is 9.97. The number of ketones is 1. The molecule has 4 nitrogen and oxygen atoms in total. The third kappa shape index (κ3) is 3.43. The lowest BCUT2D eigenvalue weighted by molar-refractivity contribution is -0.132. The summed E-state index contributed by atoms with van der Waals surface area (Å²) < 4.78 is 0.802. The van der Waals surface area contributed by atoms with Crippen molar-refractivity contribution >= 4 is 50.4 Å². The molecule has 4 rings (SSSR count). The Morgan fingerprint density at radius 2 is 1.83 bits per heavy atom. The zero-order chi connectivity index (χ0) is 20.7. The Bertz CT molecular complexity index is 1150. The van der Waals surface area contributed by atoms with Crippen molar-refractivity contribution in [2.75, 3.05) is 4.90 Å². The van der Waals surface area contributed by atoms with Crippen molar-refractivity contribution in [3.05, 3.63) is 91.6 Å². The molecule has 1 aliphatic heterocycles. The first kappa shape index (κ1) is 19.6. The van der Waals surface area contributed by atoms with Crippen LogP contribution in [-0.2, 0) is 9.59 Å². The van der Waals surface area contributed by atoms with Crippen molar-refractivity contribution in [3.63, 3.8) is 0 Å². The molecule has 1 atom stereocenters. The quantitative estimate of drug-likeness (QED) is 0.302. The molecule has 1 amide bonds. The van der Waals surface area contributed by atoms with Crippen molar-refractivity contribution in [1.82, 2.24) is 0 Å². The molecule has 2 heterocycles. The monoisotopic (exact) mass is 467 g/mol. The van der Waals surface area contributed by atoms with Gasteiger partial charge in [0.25, 0.3) is 11.7 Å². The van der Waals surface area contributed by atoms with Gasteiger partial charge in [0.05, 0.1) is 5.57 Å². The van der Waals surface area contributed by atoms with E-state index in [1.165, 1.54) is 16.2 Å². The van der Waals surface area contributed by atoms with Gasteiger partial charge in [-0.1, -0.05) is 40.2 Å². The van der Waals surface area contributed by atoms with E-state index in [2.05, 4.69) is 15.9 Å². The van der Waals surface area contributed by atoms with E-state index in [4.69, 9.17) is 0 Å². The van der Waals surface area contributed by atoms with Gasteiger partial charge in [0, 0.05) is 20.6 Å². The van der Waals surface area contributed by atoms with Crippen LogP contribution in [0.2, 0.25) is 0 Å². The molecule has 0 spiro atoms. The lowest BCUT2D eigenvalue weighted by Gasteiger charge is -2.24. The van der Waals surface area contributed by atoms with E-state index in [1.807, 2.05) is 55.6 Å². The normalized spacial score (nSPS) is 18.4. The van der Waals surface area contributed by atoms with Crippen LogP contribution in [0.4, 0.5) is 5.69 Å². The summed E-state index contributed by atoms with van der Waals surface area (Å²) in [6, 6.07) is 15.8. The van der Waals surface area contributed by atoms with Crippen LogP contribution in [0.25, 0.3) is 5.76 Å². The minimum atomic E-state index is -0.681. The highest BCUT2D eigenvalue weighted by Crippen LogP contribution is 2.44. The molecule has 1 aliphatic rings. The molecule has 29 heavy (non-hydrogen) atoms. The van der Waals surface area contributed by atoms with E-state index in [-0.39, 0.29) is 11.3 Å². The first-order chi connectivity index (χ1) is 13.9. The van der Waals surface area contributed by atoms with Gasteiger partial charge in [-0.2, -0.15) is 0 Å². The van der Waals surface area contributed by atoms with E-state index in [9.17, 15) is 14.7 Å². The second kappa shape index (κ2) is 7.61. The second-order valence-corrected chi connectivity index (χ2v) is 8.86. The van der Waals surface area contributed by atoms with E-state index >= 15 is 0 Å². The average Bonchev–Trinajstić information content (AvgIpc) is 3.31. The predicted octanol–water partition coefficient (Wildman–Crippen LogP) is 5.75. The van der Waals surface area contributed by atoms with Gasteiger partial charge in [0.15, 0.2) is 0 Å². The van der Waals surface area contributed by atoms with Gasteiger partial charge < -0.3 is 5.11 Å². The molecule has 1 fully saturated rings. The SMILES string of the molecule is Cc1ccc(/C(O)=C2/C(=O)C(=O)N(c3cccc(Br)c3)C2c2cccs2)cc1C. The number of aliphatic hydroxyl groups excluding tert-OH is 1. The van der Waals surface area contributed by atoms with Crippen LogP contribution in [0.1, 0.15) is 27.6 Å². The fraction of sp³-hybridized carbons (Fsp3) is 0.130. The standard InChI is InChI=1S/C23H18BrNO3S/c1-13-8-9-15(11-14(13)2)21(26)19-20(18-7-4-10-29-18)25(23(28)22(19)27)17-6-3-5-16(24)12-17/h3-12,20,26H,1-2H3/b21-19-. The van der Waals surface area contributed by atoms with Gasteiger partial charge in [-0.05, 0) is 60.7 Å². The van der Waals surface area contributed by atoms with Crippen molar-refractivity contribution in [3.8, 4) is 0 Å². The number of carbonyl (C=O) groups excluding carboxylic acids is 2. The Morgan fingerprint density at radius 1 is 1.03 bits per heavy atom. The minimum absolute atomic E-state index is 0.112. The number of hydrogen-bond donors (Lipinski definition) is 1. The highest BCUT2D eigenvalue weighted by Gasteiger charge is 2.47. The summed E-state index contributed by atoms with van der Waals surface area (Å²) in [5.74, 6) is -1.48. The summed E-state index contributed by atoms with van der Waals surface area (Å²) in [5, 5.41) is 13.0. The number of carbonyl (C=O) groups is 2. The molecule has 2 aromatic carbocycles. The fourth-order valence-corrected chi connectivity index (χ4v) is 4.70. The van der Waals surface area contributed by atoms with Crippen LogP contribution < -0.4 is 4.90 Å². The maximum Gasteiger partial charge on any atom is 0.300 e. The maximum atomic E-state index is 13.0. The maximum absolute atomic E-state index is 13.0. The van der Waals surface area contributed by atoms with Crippen LogP contribution >= 0.6 is 27.3 Å². The Kier molecular flexibility index (Phi) is 5.15. The van der Waals surface area contributed by atoms with Gasteiger partial charge in [-0.15, -0.1) is 11.3 Å². The molecule has 1 N–H and O–H groups in total. The van der Waals surface area contributed by atoms with Gasteiger partial charge in [0.2, 0.25) is 0 Å². The van der Waals surface area contributed by atoms with E-state index in [0.717, 1.165) is 20.5 Å². The molecule has 146 valence electrons. The number of Topliss-reactive ketones (excluding diaryl/α,β-unsaturated/α-hetero) is 1. The second-order valence-electron chi connectivity index (χ2n) is 6.96. The molecule has 0 bridgehead atoms. The van der Waals surface area contributed by atoms with Crippen molar-refractivity contribution in [2.45, 2.75) is 19.9 Å². The van der Waals surface area contributed by atoms with Gasteiger partial charge in [0.1, 0.15) is 11.8 Å². The van der Waals surface area contributed by atoms with Gasteiger partial charge in [-0.25, -0.2) is 0 Å². The number of aliphatic hydroxyl groups is 1. The van der Waals surface area contributed by atoms with Crippen molar-refractivity contribution < 1.29 is 14.7 Å². The van der Waals surface area contributed by atoms with Gasteiger partial charge >= 0.3 is 0 Å². The van der Waals surface area contributed by atoms with Crippen molar-refractivity contribution in [1.29, 1.82) is 0 Å². The average molecular weight is 468 g/mol. The third-order valence-electron chi connectivity index (χ3n) is 5.12. The molecule has 1 unspecified atom stereocenters. The van der Waals surface area contributed by atoms with Crippen LogP contribution in [0, 0.1) is 13.8 Å². The molecule has 3 aromatic rings. The summed E-state index contributed by atoms with van der Waals surface area (Å²) in [5.41, 5.74) is 3.33. The Labute approximate surface area is 181 Å². The first-order valence-electron chi connectivity index (χ1n) is 9.06. The van der Waals surface area contributed by atoms with Crippen LogP contribution in [0.5, 0.6) is 0 Å². The first-order valence-corrected chi connectivity index (χ1v) is 10.7. The smallest absolute Gasteiger partial charge is 0.300 e. The zero-order valence-electron chi connectivity index (χ0n) is 15.8. The minimum Gasteiger partial charge on any atom is -0.507 e. The number of amides is 1. The number of anilines is 1. The number of nitrogens with zero attached hydrogens (tertiary/aromatic N) is 1. The van der Waals surface area contributed by atoms with E-state index in [0.29, 0.717) is 11.3 Å². The molecule has 0 aliphatic carbocycles. The van der Waals surface area contributed by atoms with Crippen molar-refractivity contribution in [2.24, 2.45) is 0 Å². The van der Waals surface area contributed by atoms with Crippen LogP contribution in [0.15, 0.2) is 70.0 Å². The highest BCUT2D eigenvalue weighted by molar-refractivity contribution is 9.10. The molecule has 1 saturated heterocycles. The number of thiophene rings is 1. The Morgan fingerprint density at radius 3 is 2.48 bits per heavy atom.